The molecule has 0 aliphatic heterocycles. The van der Waals surface area contributed by atoms with Crippen molar-refractivity contribution in [3.05, 3.63) is 21.6 Å². The fourth-order valence-electron chi connectivity index (χ4n) is 2.77. The number of hydrogen-bond donors (Lipinski definition) is 1. The Kier molecular flexibility index (Phi) is 6.22. The molecule has 0 saturated heterocycles. The first-order chi connectivity index (χ1) is 11.0. The number of carbonyl (C=O) groups excluding carboxylic acids is 1. The quantitative estimate of drug-likeness (QED) is 0.504. The van der Waals surface area contributed by atoms with E-state index in [9.17, 15) is 9.59 Å². The van der Waals surface area contributed by atoms with Crippen LogP contribution < -0.4 is 5.56 Å². The minimum absolute atomic E-state index is 0.00558. The van der Waals surface area contributed by atoms with E-state index < -0.39 is 5.56 Å². The Hall–Kier alpha value is -1.81. The van der Waals surface area contributed by atoms with Gasteiger partial charge < -0.3 is 9.72 Å². The summed E-state index contributed by atoms with van der Waals surface area (Å²) in [5.41, 5.74) is 0.0279. The van der Waals surface area contributed by atoms with Crippen LogP contribution in [0, 0.1) is 17.2 Å². The van der Waals surface area contributed by atoms with Gasteiger partial charge in [-0.1, -0.05) is 32.0 Å². The number of H-pyrrole nitrogens is 1. The van der Waals surface area contributed by atoms with E-state index in [0.29, 0.717) is 23.2 Å². The summed E-state index contributed by atoms with van der Waals surface area (Å²) in [5, 5.41) is 9.30. The SMILES string of the molecule is CCc1nc(SCC(=O)OC2CCCC(C)C2)[nH]c(=O)c1C#N. The number of nitriles is 1. The number of carbonyl (C=O) groups is 1. The van der Waals surface area contributed by atoms with E-state index >= 15 is 0 Å². The van der Waals surface area contributed by atoms with Crippen LogP contribution in [-0.2, 0) is 16.0 Å². The van der Waals surface area contributed by atoms with Gasteiger partial charge in [-0.2, -0.15) is 5.26 Å². The van der Waals surface area contributed by atoms with Crippen LogP contribution in [0.1, 0.15) is 50.8 Å². The monoisotopic (exact) mass is 335 g/mol. The van der Waals surface area contributed by atoms with Crippen LogP contribution in [0.2, 0.25) is 0 Å². The normalized spacial score (nSPS) is 20.7. The van der Waals surface area contributed by atoms with Crippen LogP contribution in [0.4, 0.5) is 0 Å². The number of aromatic amines is 1. The zero-order valence-corrected chi connectivity index (χ0v) is 14.2. The van der Waals surface area contributed by atoms with Crippen LogP contribution in [0.15, 0.2) is 9.95 Å². The Labute approximate surface area is 139 Å². The lowest BCUT2D eigenvalue weighted by atomic mass is 9.89. The van der Waals surface area contributed by atoms with E-state index in [1.165, 1.54) is 6.42 Å². The highest BCUT2D eigenvalue weighted by Crippen LogP contribution is 2.26. The second-order valence-electron chi connectivity index (χ2n) is 5.83. The standard InChI is InChI=1S/C16H21N3O3S/c1-3-13-12(8-17)15(21)19-16(18-13)23-9-14(20)22-11-6-4-5-10(2)7-11/h10-11H,3-7,9H2,1-2H3,(H,18,19,21). The molecule has 0 aromatic carbocycles. The molecule has 1 heterocycles. The minimum Gasteiger partial charge on any atom is -0.462 e. The molecule has 1 aliphatic rings. The Bertz CT molecular complexity index is 666. The van der Waals surface area contributed by atoms with Crippen LogP contribution in [-0.4, -0.2) is 27.8 Å². The first kappa shape index (κ1) is 17.5. The zero-order valence-electron chi connectivity index (χ0n) is 13.4. The molecular weight excluding hydrogens is 314 g/mol. The van der Waals surface area contributed by atoms with Crippen molar-refractivity contribution in [1.29, 1.82) is 5.26 Å². The third kappa shape index (κ3) is 4.83. The molecule has 1 aromatic rings. The topological polar surface area (TPSA) is 95.8 Å². The zero-order chi connectivity index (χ0) is 16.8. The van der Waals surface area contributed by atoms with Gasteiger partial charge >= 0.3 is 5.97 Å². The Balaban J connectivity index is 1.93. The summed E-state index contributed by atoms with van der Waals surface area (Å²) in [6.45, 7) is 4.00. The highest BCUT2D eigenvalue weighted by atomic mass is 32.2. The molecule has 0 radical (unpaired) electrons. The van der Waals surface area contributed by atoms with Crippen molar-refractivity contribution >= 4 is 17.7 Å². The summed E-state index contributed by atoms with van der Waals surface area (Å²) in [7, 11) is 0. The van der Waals surface area contributed by atoms with Gasteiger partial charge in [0.15, 0.2) is 5.16 Å². The summed E-state index contributed by atoms with van der Waals surface area (Å²) in [6, 6.07) is 1.86. The van der Waals surface area contributed by atoms with E-state index in [1.54, 1.807) is 0 Å². The Morgan fingerprint density at radius 1 is 1.52 bits per heavy atom. The molecule has 2 rings (SSSR count). The smallest absolute Gasteiger partial charge is 0.316 e. The predicted octanol–water partition coefficient (Wildman–Crippen LogP) is 2.42. The lowest BCUT2D eigenvalue weighted by Gasteiger charge is -2.26. The molecule has 1 N–H and O–H groups in total. The number of esters is 1. The van der Waals surface area contributed by atoms with Crippen molar-refractivity contribution in [2.45, 2.75) is 57.2 Å². The van der Waals surface area contributed by atoms with Crippen molar-refractivity contribution in [3.8, 4) is 6.07 Å². The molecule has 1 fully saturated rings. The van der Waals surface area contributed by atoms with Crippen LogP contribution in [0.25, 0.3) is 0 Å². The fraction of sp³-hybridized carbons (Fsp3) is 0.625. The van der Waals surface area contributed by atoms with Gasteiger partial charge in [0.1, 0.15) is 17.7 Å². The number of ether oxygens (including phenoxy) is 1. The maximum Gasteiger partial charge on any atom is 0.316 e. The molecule has 2 unspecified atom stereocenters. The highest BCUT2D eigenvalue weighted by molar-refractivity contribution is 7.99. The summed E-state index contributed by atoms with van der Waals surface area (Å²) < 4.78 is 5.48. The molecule has 6 nitrogen and oxygen atoms in total. The van der Waals surface area contributed by atoms with Gasteiger partial charge in [-0.05, 0) is 31.6 Å². The molecule has 0 bridgehead atoms. The molecule has 0 amide bonds. The molecule has 23 heavy (non-hydrogen) atoms. The van der Waals surface area contributed by atoms with E-state index in [0.717, 1.165) is 31.0 Å². The molecular formula is C16H21N3O3S. The van der Waals surface area contributed by atoms with Crippen LogP contribution >= 0.6 is 11.8 Å². The minimum atomic E-state index is -0.462. The summed E-state index contributed by atoms with van der Waals surface area (Å²) in [4.78, 5) is 30.5. The molecule has 1 aliphatic carbocycles. The van der Waals surface area contributed by atoms with Gasteiger partial charge in [-0.25, -0.2) is 4.98 Å². The molecule has 0 spiro atoms. The molecule has 2 atom stereocenters. The van der Waals surface area contributed by atoms with Crippen molar-refractivity contribution in [1.82, 2.24) is 9.97 Å². The average molecular weight is 335 g/mol. The van der Waals surface area contributed by atoms with Gasteiger partial charge in [-0.15, -0.1) is 0 Å². The van der Waals surface area contributed by atoms with Crippen LogP contribution in [0.3, 0.4) is 0 Å². The third-order valence-corrected chi connectivity index (χ3v) is 4.78. The third-order valence-electron chi connectivity index (χ3n) is 3.93. The second kappa shape index (κ2) is 8.16. The number of hydrogen-bond acceptors (Lipinski definition) is 6. The average Bonchev–Trinajstić information content (AvgIpc) is 2.52. The van der Waals surface area contributed by atoms with Gasteiger partial charge in [0, 0.05) is 0 Å². The van der Waals surface area contributed by atoms with Crippen molar-refractivity contribution in [3.63, 3.8) is 0 Å². The molecule has 1 aromatic heterocycles. The van der Waals surface area contributed by atoms with Gasteiger partial charge in [0.25, 0.3) is 5.56 Å². The number of nitrogens with one attached hydrogen (secondary N) is 1. The first-order valence-corrected chi connectivity index (χ1v) is 8.87. The predicted molar refractivity (Wildman–Crippen MR) is 87.2 cm³/mol. The molecule has 7 heteroatoms. The summed E-state index contributed by atoms with van der Waals surface area (Å²) >= 11 is 1.13. The van der Waals surface area contributed by atoms with E-state index in [2.05, 4.69) is 16.9 Å². The Morgan fingerprint density at radius 3 is 2.96 bits per heavy atom. The maximum atomic E-state index is 11.9. The first-order valence-electron chi connectivity index (χ1n) is 7.89. The van der Waals surface area contributed by atoms with Gasteiger partial charge in [-0.3, -0.25) is 9.59 Å². The van der Waals surface area contributed by atoms with Gasteiger partial charge in [0.05, 0.1) is 11.4 Å². The summed E-state index contributed by atoms with van der Waals surface area (Å²) in [6.07, 6.45) is 4.63. The number of thioether (sulfide) groups is 1. The maximum absolute atomic E-state index is 11.9. The van der Waals surface area contributed by atoms with Crippen molar-refractivity contribution in [2.75, 3.05) is 5.75 Å². The van der Waals surface area contributed by atoms with Crippen LogP contribution in [0.5, 0.6) is 0 Å². The van der Waals surface area contributed by atoms with E-state index in [-0.39, 0.29) is 23.4 Å². The summed E-state index contributed by atoms with van der Waals surface area (Å²) in [5.74, 6) is 0.403. The molecule has 1 saturated carbocycles. The lowest BCUT2D eigenvalue weighted by Crippen LogP contribution is -2.25. The molecule has 124 valence electrons. The largest absolute Gasteiger partial charge is 0.462 e. The van der Waals surface area contributed by atoms with Crippen molar-refractivity contribution in [2.24, 2.45) is 5.92 Å². The second-order valence-corrected chi connectivity index (χ2v) is 6.79. The van der Waals surface area contributed by atoms with Crippen molar-refractivity contribution < 1.29 is 9.53 Å². The highest BCUT2D eigenvalue weighted by Gasteiger charge is 2.22. The van der Waals surface area contributed by atoms with Gasteiger partial charge in [0.2, 0.25) is 0 Å². The number of rotatable bonds is 5. The number of aryl methyl sites for hydroxylation is 1. The number of aromatic nitrogens is 2. The lowest BCUT2D eigenvalue weighted by molar-refractivity contribution is -0.147. The van der Waals surface area contributed by atoms with E-state index in [4.69, 9.17) is 10.00 Å². The van der Waals surface area contributed by atoms with E-state index in [1.807, 2.05) is 13.0 Å². The fourth-order valence-corrected chi connectivity index (χ4v) is 3.43. The number of nitrogens with zero attached hydrogens (tertiary/aromatic N) is 2. The Morgan fingerprint density at radius 2 is 2.30 bits per heavy atom.